The van der Waals surface area contributed by atoms with Crippen molar-refractivity contribution in [3.05, 3.63) is 11.6 Å². The molecule has 0 bridgehead atoms. The molecule has 0 aromatic heterocycles. The molecule has 94 valence electrons. The molecule has 0 aromatic carbocycles. The van der Waals surface area contributed by atoms with Crippen molar-refractivity contribution in [2.45, 2.75) is 34.1 Å². The maximum Gasteiger partial charge on any atom is 0.328 e. The molecule has 0 aliphatic carbocycles. The van der Waals surface area contributed by atoms with Gasteiger partial charge in [-0.05, 0) is 19.3 Å². The second kappa shape index (κ2) is 4.69. The van der Waals surface area contributed by atoms with Crippen molar-refractivity contribution >= 4 is 17.8 Å². The van der Waals surface area contributed by atoms with E-state index in [-0.39, 0.29) is 5.92 Å². The fraction of sp³-hybridized carbons (Fsp3) is 0.583. The average Bonchev–Trinajstić information content (AvgIpc) is 2.16. The van der Waals surface area contributed by atoms with Crippen LogP contribution in [0.15, 0.2) is 11.6 Å². The highest BCUT2D eigenvalue weighted by Gasteiger charge is 2.50. The molecule has 0 unspecified atom stereocenters. The van der Waals surface area contributed by atoms with Gasteiger partial charge in [-0.25, -0.2) is 4.79 Å². The number of amides is 4. The minimum Gasteiger partial charge on any atom is -0.277 e. The van der Waals surface area contributed by atoms with Crippen LogP contribution in [0.25, 0.3) is 0 Å². The van der Waals surface area contributed by atoms with Gasteiger partial charge in [0.2, 0.25) is 11.8 Å². The van der Waals surface area contributed by atoms with Crippen molar-refractivity contribution in [3.8, 4) is 0 Å². The Morgan fingerprint density at radius 3 is 2.06 bits per heavy atom. The smallest absolute Gasteiger partial charge is 0.277 e. The quantitative estimate of drug-likeness (QED) is 0.575. The van der Waals surface area contributed by atoms with E-state index in [1.165, 1.54) is 0 Å². The zero-order chi connectivity index (χ0) is 13.2. The van der Waals surface area contributed by atoms with Crippen molar-refractivity contribution in [3.63, 3.8) is 0 Å². The highest BCUT2D eigenvalue weighted by molar-refractivity contribution is 6.21. The Balaban J connectivity index is 3.22. The fourth-order valence-corrected chi connectivity index (χ4v) is 2.15. The van der Waals surface area contributed by atoms with Gasteiger partial charge in [0.05, 0.1) is 0 Å². The van der Waals surface area contributed by atoms with Crippen LogP contribution in [0.1, 0.15) is 34.1 Å². The highest BCUT2D eigenvalue weighted by Crippen LogP contribution is 2.34. The molecule has 1 rings (SSSR count). The monoisotopic (exact) mass is 238 g/mol. The summed E-state index contributed by atoms with van der Waals surface area (Å²) in [5.74, 6) is -0.844. The Hall–Kier alpha value is -1.65. The van der Waals surface area contributed by atoms with Crippen molar-refractivity contribution in [1.82, 2.24) is 10.6 Å². The van der Waals surface area contributed by atoms with Gasteiger partial charge in [-0.15, -0.1) is 0 Å². The third-order valence-corrected chi connectivity index (χ3v) is 3.02. The van der Waals surface area contributed by atoms with Crippen LogP contribution in [0, 0.1) is 11.3 Å². The number of barbiturate groups is 1. The molecule has 5 heteroatoms. The molecule has 1 fully saturated rings. The number of urea groups is 1. The molecular formula is C12H18N2O3. The Kier molecular flexibility index (Phi) is 3.70. The SMILES string of the molecule is CCC1(/C(C)=C/C(C)C)C(=O)NC(=O)NC1=O. The van der Waals surface area contributed by atoms with Crippen LogP contribution < -0.4 is 10.6 Å². The number of hydrogen-bond acceptors (Lipinski definition) is 3. The Morgan fingerprint density at radius 2 is 1.71 bits per heavy atom. The first-order valence-electron chi connectivity index (χ1n) is 5.70. The lowest BCUT2D eigenvalue weighted by molar-refractivity contribution is -0.141. The lowest BCUT2D eigenvalue weighted by Crippen LogP contribution is -2.62. The second-order valence-corrected chi connectivity index (χ2v) is 4.59. The van der Waals surface area contributed by atoms with Gasteiger partial charge in [0, 0.05) is 0 Å². The third-order valence-electron chi connectivity index (χ3n) is 3.02. The average molecular weight is 238 g/mol. The number of hydrogen-bond donors (Lipinski definition) is 2. The Morgan fingerprint density at radius 1 is 1.24 bits per heavy atom. The summed E-state index contributed by atoms with van der Waals surface area (Å²) in [7, 11) is 0. The number of allylic oxidation sites excluding steroid dienone is 1. The van der Waals surface area contributed by atoms with Gasteiger partial charge in [0.15, 0.2) is 0 Å². The lowest BCUT2D eigenvalue weighted by atomic mass is 9.74. The molecule has 1 aliphatic rings. The van der Waals surface area contributed by atoms with Crippen LogP contribution in [-0.4, -0.2) is 17.8 Å². The molecule has 1 heterocycles. The van der Waals surface area contributed by atoms with Gasteiger partial charge >= 0.3 is 6.03 Å². The van der Waals surface area contributed by atoms with Crippen LogP contribution in [-0.2, 0) is 9.59 Å². The molecular weight excluding hydrogens is 220 g/mol. The number of nitrogens with one attached hydrogen (secondary N) is 2. The second-order valence-electron chi connectivity index (χ2n) is 4.59. The molecule has 1 aliphatic heterocycles. The van der Waals surface area contributed by atoms with Crippen LogP contribution in [0.3, 0.4) is 0 Å². The minimum atomic E-state index is -1.25. The van der Waals surface area contributed by atoms with E-state index < -0.39 is 23.3 Å². The first kappa shape index (κ1) is 13.4. The predicted octanol–water partition coefficient (Wildman–Crippen LogP) is 1.35. The first-order chi connectivity index (χ1) is 7.84. The van der Waals surface area contributed by atoms with Gasteiger partial charge in [0.25, 0.3) is 0 Å². The summed E-state index contributed by atoms with van der Waals surface area (Å²) in [6.07, 6.45) is 2.20. The van der Waals surface area contributed by atoms with E-state index in [0.717, 1.165) is 0 Å². The summed E-state index contributed by atoms with van der Waals surface area (Å²) >= 11 is 0. The van der Waals surface area contributed by atoms with Crippen LogP contribution >= 0.6 is 0 Å². The highest BCUT2D eigenvalue weighted by atomic mass is 16.2. The molecule has 0 radical (unpaired) electrons. The van der Waals surface area contributed by atoms with E-state index in [4.69, 9.17) is 0 Å². The molecule has 5 nitrogen and oxygen atoms in total. The zero-order valence-corrected chi connectivity index (χ0v) is 10.6. The van der Waals surface area contributed by atoms with Crippen LogP contribution in [0.4, 0.5) is 4.79 Å². The van der Waals surface area contributed by atoms with Crippen molar-refractivity contribution in [2.75, 3.05) is 0 Å². The first-order valence-corrected chi connectivity index (χ1v) is 5.70. The number of carbonyl (C=O) groups excluding carboxylic acids is 3. The predicted molar refractivity (Wildman–Crippen MR) is 63.0 cm³/mol. The Labute approximate surface area is 101 Å². The van der Waals surface area contributed by atoms with Gasteiger partial charge in [-0.3, -0.25) is 20.2 Å². The minimum absolute atomic E-state index is 0.233. The lowest BCUT2D eigenvalue weighted by Gasteiger charge is -2.34. The van der Waals surface area contributed by atoms with E-state index in [1.807, 2.05) is 19.9 Å². The van der Waals surface area contributed by atoms with Crippen molar-refractivity contribution < 1.29 is 14.4 Å². The molecule has 0 atom stereocenters. The molecule has 0 saturated carbocycles. The Bertz CT molecular complexity index is 377. The summed E-state index contributed by atoms with van der Waals surface area (Å²) in [6, 6.07) is -0.749. The summed E-state index contributed by atoms with van der Waals surface area (Å²) in [4.78, 5) is 35.0. The van der Waals surface area contributed by atoms with E-state index in [9.17, 15) is 14.4 Å². The molecule has 0 aromatic rings. The van der Waals surface area contributed by atoms with Crippen LogP contribution in [0.5, 0.6) is 0 Å². The van der Waals surface area contributed by atoms with E-state index in [0.29, 0.717) is 12.0 Å². The number of carbonyl (C=O) groups is 3. The van der Waals surface area contributed by atoms with E-state index in [1.54, 1.807) is 13.8 Å². The zero-order valence-electron chi connectivity index (χ0n) is 10.6. The van der Waals surface area contributed by atoms with Gasteiger partial charge < -0.3 is 0 Å². The van der Waals surface area contributed by atoms with Crippen LogP contribution in [0.2, 0.25) is 0 Å². The number of rotatable bonds is 3. The molecule has 17 heavy (non-hydrogen) atoms. The van der Waals surface area contributed by atoms with E-state index in [2.05, 4.69) is 10.6 Å². The maximum atomic E-state index is 12.0. The topological polar surface area (TPSA) is 75.3 Å². The maximum absolute atomic E-state index is 12.0. The third kappa shape index (κ3) is 2.23. The van der Waals surface area contributed by atoms with Gasteiger partial charge in [-0.1, -0.05) is 32.4 Å². The summed E-state index contributed by atoms with van der Waals surface area (Å²) in [6.45, 7) is 7.44. The standard InChI is InChI=1S/C12H18N2O3/c1-5-12(8(4)6-7(2)3)9(15)13-11(17)14-10(12)16/h6-7H,5H2,1-4H3,(H2,13,14,15,16,17)/b8-6+. The fourth-order valence-electron chi connectivity index (χ4n) is 2.15. The van der Waals surface area contributed by atoms with E-state index >= 15 is 0 Å². The molecule has 0 spiro atoms. The van der Waals surface area contributed by atoms with Gasteiger partial charge in [0.1, 0.15) is 5.41 Å². The van der Waals surface area contributed by atoms with Crippen molar-refractivity contribution in [1.29, 1.82) is 0 Å². The number of imide groups is 2. The largest absolute Gasteiger partial charge is 0.328 e. The summed E-state index contributed by atoms with van der Waals surface area (Å²) < 4.78 is 0. The molecule has 1 saturated heterocycles. The molecule has 2 N–H and O–H groups in total. The van der Waals surface area contributed by atoms with Gasteiger partial charge in [-0.2, -0.15) is 0 Å². The summed E-state index contributed by atoms with van der Waals surface area (Å²) in [5.41, 5.74) is -0.574. The normalized spacial score (nSPS) is 20.3. The molecule has 4 amide bonds. The summed E-state index contributed by atoms with van der Waals surface area (Å²) in [5, 5.41) is 4.31. The van der Waals surface area contributed by atoms with Crippen molar-refractivity contribution in [2.24, 2.45) is 11.3 Å².